The minimum Gasteiger partial charge on any atom is -0.399 e. The Morgan fingerprint density at radius 2 is 2.00 bits per heavy atom. The van der Waals surface area contributed by atoms with Gasteiger partial charge in [0.1, 0.15) is 0 Å². The summed E-state index contributed by atoms with van der Waals surface area (Å²) in [4.78, 5) is 11.8. The molecule has 0 bridgehead atoms. The largest absolute Gasteiger partial charge is 0.399 e. The fraction of sp³-hybridized carbons (Fsp3) is 0.500. The zero-order chi connectivity index (χ0) is 15.1. The van der Waals surface area contributed by atoms with Gasteiger partial charge in [-0.2, -0.15) is 11.8 Å². The first-order chi connectivity index (χ1) is 9.43. The van der Waals surface area contributed by atoms with Gasteiger partial charge in [0.2, 0.25) is 5.91 Å². The van der Waals surface area contributed by atoms with E-state index in [0.29, 0.717) is 33.8 Å². The predicted molar refractivity (Wildman–Crippen MR) is 90.9 cm³/mol. The van der Waals surface area contributed by atoms with E-state index < -0.39 is 0 Å². The van der Waals surface area contributed by atoms with Crippen LogP contribution in [0.3, 0.4) is 0 Å². The number of carbonyl (C=O) groups excluding carboxylic acids is 1. The Kier molecular flexibility index (Phi) is 7.56. The van der Waals surface area contributed by atoms with Crippen molar-refractivity contribution in [3.63, 3.8) is 0 Å². The quantitative estimate of drug-likeness (QED) is 0.562. The molecule has 0 spiro atoms. The fourth-order valence-corrected chi connectivity index (χ4v) is 3.21. The van der Waals surface area contributed by atoms with E-state index in [9.17, 15) is 4.79 Å². The van der Waals surface area contributed by atoms with Gasteiger partial charge in [0.15, 0.2) is 0 Å². The van der Waals surface area contributed by atoms with Crippen molar-refractivity contribution >= 4 is 52.2 Å². The number of hydrogen-bond donors (Lipinski definition) is 2. The summed E-state index contributed by atoms with van der Waals surface area (Å²) >= 11 is 13.8. The maximum absolute atomic E-state index is 11.8. The number of rotatable bonds is 7. The number of nitrogens with one attached hydrogen (secondary N) is 1. The van der Waals surface area contributed by atoms with E-state index in [1.165, 1.54) is 0 Å². The molecule has 1 atom stereocenters. The average Bonchev–Trinajstić information content (AvgIpc) is 2.38. The van der Waals surface area contributed by atoms with E-state index >= 15 is 0 Å². The van der Waals surface area contributed by atoms with Gasteiger partial charge in [-0.15, -0.1) is 0 Å². The van der Waals surface area contributed by atoms with Crippen LogP contribution in [-0.2, 0) is 4.79 Å². The molecule has 0 saturated heterocycles. The summed E-state index contributed by atoms with van der Waals surface area (Å²) in [7, 11) is 0. The molecule has 0 aliphatic carbocycles. The Balaban J connectivity index is 2.43. The Morgan fingerprint density at radius 3 is 2.55 bits per heavy atom. The third-order valence-corrected chi connectivity index (χ3v) is 4.80. The van der Waals surface area contributed by atoms with Crippen LogP contribution in [0, 0.1) is 5.92 Å². The summed E-state index contributed by atoms with van der Waals surface area (Å²) in [6.45, 7) is 4.38. The van der Waals surface area contributed by atoms with Crippen molar-refractivity contribution < 1.29 is 4.79 Å². The maximum atomic E-state index is 11.8. The van der Waals surface area contributed by atoms with Crippen molar-refractivity contribution in [1.29, 1.82) is 0 Å². The van der Waals surface area contributed by atoms with Gasteiger partial charge in [0, 0.05) is 17.9 Å². The van der Waals surface area contributed by atoms with Crippen LogP contribution in [0.15, 0.2) is 12.1 Å². The lowest BCUT2D eigenvalue weighted by atomic mass is 10.2. The molecule has 112 valence electrons. The van der Waals surface area contributed by atoms with Gasteiger partial charge >= 0.3 is 0 Å². The number of carbonyl (C=O) groups is 1. The molecule has 0 aromatic heterocycles. The molecule has 3 N–H and O–H groups in total. The second kappa shape index (κ2) is 8.65. The van der Waals surface area contributed by atoms with Crippen molar-refractivity contribution in [2.75, 3.05) is 22.6 Å². The molecule has 6 heteroatoms. The maximum Gasteiger partial charge on any atom is 0.225 e. The molecule has 0 fully saturated rings. The molecule has 0 aliphatic rings. The van der Waals surface area contributed by atoms with Crippen molar-refractivity contribution in [1.82, 2.24) is 0 Å². The van der Waals surface area contributed by atoms with Gasteiger partial charge in [-0.3, -0.25) is 4.79 Å². The van der Waals surface area contributed by atoms with E-state index in [1.54, 1.807) is 23.9 Å². The van der Waals surface area contributed by atoms with E-state index in [2.05, 4.69) is 19.2 Å². The van der Waals surface area contributed by atoms with Crippen LogP contribution < -0.4 is 11.1 Å². The predicted octanol–water partition coefficient (Wildman–Crippen LogP) is 4.68. The first-order valence-electron chi connectivity index (χ1n) is 6.56. The number of nitrogen functional groups attached to an aromatic ring is 1. The van der Waals surface area contributed by atoms with Gasteiger partial charge in [-0.1, -0.05) is 43.5 Å². The third kappa shape index (κ3) is 5.81. The molecular formula is C14H20Cl2N2OS. The molecular weight excluding hydrogens is 315 g/mol. The second-order valence-corrected chi connectivity index (χ2v) is 6.71. The number of anilines is 2. The highest BCUT2D eigenvalue weighted by Crippen LogP contribution is 2.32. The van der Waals surface area contributed by atoms with Crippen molar-refractivity contribution in [3.8, 4) is 0 Å². The Labute approximate surface area is 134 Å². The lowest BCUT2D eigenvalue weighted by Crippen LogP contribution is -2.13. The molecule has 0 aliphatic heterocycles. The average molecular weight is 335 g/mol. The zero-order valence-corrected chi connectivity index (χ0v) is 14.0. The van der Waals surface area contributed by atoms with Crippen molar-refractivity contribution in [2.45, 2.75) is 26.7 Å². The summed E-state index contributed by atoms with van der Waals surface area (Å²) in [5.41, 5.74) is 6.52. The fourth-order valence-electron chi connectivity index (χ4n) is 1.48. The first-order valence-corrected chi connectivity index (χ1v) is 8.47. The lowest BCUT2D eigenvalue weighted by Gasteiger charge is -2.11. The Morgan fingerprint density at radius 1 is 1.40 bits per heavy atom. The minimum absolute atomic E-state index is 0.0878. The molecule has 1 unspecified atom stereocenters. The van der Waals surface area contributed by atoms with Crippen molar-refractivity contribution in [3.05, 3.63) is 22.2 Å². The number of thioether (sulfide) groups is 1. The molecule has 1 aromatic carbocycles. The minimum atomic E-state index is -0.0878. The highest BCUT2D eigenvalue weighted by molar-refractivity contribution is 7.99. The normalized spacial score (nSPS) is 12.2. The molecule has 0 radical (unpaired) electrons. The smallest absolute Gasteiger partial charge is 0.225 e. The molecule has 20 heavy (non-hydrogen) atoms. The topological polar surface area (TPSA) is 55.1 Å². The number of halogens is 2. The highest BCUT2D eigenvalue weighted by atomic mass is 35.5. The van der Waals surface area contributed by atoms with E-state index in [4.69, 9.17) is 28.9 Å². The Bertz CT molecular complexity index is 445. The van der Waals surface area contributed by atoms with Crippen LogP contribution in [0.5, 0.6) is 0 Å². The highest BCUT2D eigenvalue weighted by Gasteiger charge is 2.11. The van der Waals surface area contributed by atoms with Crippen LogP contribution in [-0.4, -0.2) is 17.4 Å². The summed E-state index contributed by atoms with van der Waals surface area (Å²) in [5, 5.41) is 3.45. The van der Waals surface area contributed by atoms with Gasteiger partial charge in [-0.25, -0.2) is 0 Å². The number of benzene rings is 1. The third-order valence-electron chi connectivity index (χ3n) is 2.90. The Hall–Kier alpha value is -0.580. The molecule has 1 aromatic rings. The van der Waals surface area contributed by atoms with Gasteiger partial charge in [0.05, 0.1) is 15.7 Å². The van der Waals surface area contributed by atoms with Gasteiger partial charge in [-0.05, 0) is 23.8 Å². The zero-order valence-electron chi connectivity index (χ0n) is 11.7. The van der Waals surface area contributed by atoms with E-state index in [-0.39, 0.29) is 5.91 Å². The number of amides is 1. The number of hydrogen-bond acceptors (Lipinski definition) is 3. The summed E-state index contributed by atoms with van der Waals surface area (Å²) < 4.78 is 0. The molecule has 0 saturated carbocycles. The second-order valence-electron chi connectivity index (χ2n) is 4.75. The summed E-state index contributed by atoms with van der Waals surface area (Å²) in [5.74, 6) is 2.47. The monoisotopic (exact) mass is 334 g/mol. The van der Waals surface area contributed by atoms with E-state index in [0.717, 1.165) is 17.9 Å². The summed E-state index contributed by atoms with van der Waals surface area (Å²) in [6, 6.07) is 3.14. The summed E-state index contributed by atoms with van der Waals surface area (Å²) in [6.07, 6.45) is 1.61. The van der Waals surface area contributed by atoms with E-state index in [1.807, 2.05) is 0 Å². The van der Waals surface area contributed by atoms with Crippen molar-refractivity contribution in [2.24, 2.45) is 5.92 Å². The standard InChI is InChI=1S/C14H20Cl2N2OS/c1-3-9(2)8-20-5-4-13(19)18-14-11(15)6-10(17)7-12(14)16/h6-7,9H,3-5,8,17H2,1-2H3,(H,18,19). The molecule has 0 heterocycles. The van der Waals surface area contributed by atoms with Crippen LogP contribution in [0.4, 0.5) is 11.4 Å². The lowest BCUT2D eigenvalue weighted by molar-refractivity contribution is -0.115. The van der Waals surface area contributed by atoms with Gasteiger partial charge in [0.25, 0.3) is 0 Å². The molecule has 1 amide bonds. The first kappa shape index (κ1) is 17.5. The van der Waals surface area contributed by atoms with Gasteiger partial charge < -0.3 is 11.1 Å². The number of nitrogens with two attached hydrogens (primary N) is 1. The van der Waals surface area contributed by atoms with Crippen LogP contribution in [0.25, 0.3) is 0 Å². The van der Waals surface area contributed by atoms with Crippen LogP contribution in [0.2, 0.25) is 10.0 Å². The molecule has 3 nitrogen and oxygen atoms in total. The van der Waals surface area contributed by atoms with Crippen LogP contribution in [0.1, 0.15) is 26.7 Å². The SMILES string of the molecule is CCC(C)CSCCC(=O)Nc1c(Cl)cc(N)cc1Cl. The molecule has 1 rings (SSSR count). The van der Waals surface area contributed by atoms with Crippen LogP contribution >= 0.6 is 35.0 Å².